The minimum Gasteiger partial charge on any atom is -0.486 e. The van der Waals surface area contributed by atoms with Crippen LogP contribution in [0.4, 0.5) is 0 Å². The maximum absolute atomic E-state index is 6.29. The Morgan fingerprint density at radius 2 is 1.19 bits per heavy atom. The molecule has 0 spiro atoms. The smallest absolute Gasteiger partial charge is 0.216 e. The van der Waals surface area contributed by atoms with Gasteiger partial charge in [0.05, 0.1) is 22.4 Å². The summed E-state index contributed by atoms with van der Waals surface area (Å²) in [6, 6.07) is 53.3. The van der Waals surface area contributed by atoms with Crippen LogP contribution in [0.1, 0.15) is 126 Å². The van der Waals surface area contributed by atoms with E-state index in [0.29, 0.717) is 23.4 Å². The third-order valence-corrected chi connectivity index (χ3v) is 14.1. The van der Waals surface area contributed by atoms with Crippen LogP contribution in [0.2, 0.25) is 0 Å². The number of aryl methyl sites for hydroxylation is 4. The first kappa shape index (κ1) is 54.3. The van der Waals surface area contributed by atoms with Gasteiger partial charge in [0.1, 0.15) is 11.6 Å². The molecule has 0 saturated heterocycles. The average Bonchev–Trinajstić information content (AvgIpc) is 3.97. The second kappa shape index (κ2) is 21.5. The van der Waals surface area contributed by atoms with Gasteiger partial charge in [0.25, 0.3) is 0 Å². The van der Waals surface area contributed by atoms with E-state index in [1.165, 1.54) is 39.1 Å². The van der Waals surface area contributed by atoms with E-state index in [2.05, 4.69) is 209 Å². The number of nitrogens with zero attached hydrogens (tertiary/aromatic N) is 7. The van der Waals surface area contributed by atoms with Crippen LogP contribution >= 0.6 is 0 Å². The van der Waals surface area contributed by atoms with E-state index >= 15 is 0 Å². The molecule has 8 nitrogen and oxygen atoms in total. The normalized spacial score (nSPS) is 11.9. The number of hydrogen-bond donors (Lipinski definition) is 0. The zero-order valence-electron chi connectivity index (χ0n) is 46.8. The van der Waals surface area contributed by atoms with E-state index in [1.54, 1.807) is 0 Å². The van der Waals surface area contributed by atoms with Crippen molar-refractivity contribution < 1.29 is 24.5 Å². The van der Waals surface area contributed by atoms with Crippen molar-refractivity contribution in [3.63, 3.8) is 0 Å². The van der Waals surface area contributed by atoms with Gasteiger partial charge in [-0.3, -0.25) is 4.98 Å². The second-order valence-electron chi connectivity index (χ2n) is 22.9. The molecule has 0 atom stereocenters. The fourth-order valence-electron chi connectivity index (χ4n) is 10.1. The predicted octanol–water partition coefficient (Wildman–Crippen LogP) is 17.6. The number of imidazole rings is 1. The number of pyridine rings is 2. The first-order chi connectivity index (χ1) is 36.2. The Morgan fingerprint density at radius 1 is 0.558 bits per heavy atom. The molecule has 1 radical (unpaired) electrons. The maximum atomic E-state index is 6.29. The minimum atomic E-state index is -0.182. The Bertz CT molecular complexity index is 3870. The Balaban J connectivity index is 0.000000218. The Morgan fingerprint density at radius 3 is 1.82 bits per heavy atom. The number of para-hydroxylation sites is 3. The summed E-state index contributed by atoms with van der Waals surface area (Å²) in [5, 5.41) is 2.01. The van der Waals surface area contributed by atoms with Gasteiger partial charge in [0.15, 0.2) is 5.82 Å². The fraction of sp³-hybridized carbons (Fsp3) is 0.265. The van der Waals surface area contributed by atoms with Crippen molar-refractivity contribution in [3.8, 4) is 62.0 Å². The summed E-state index contributed by atoms with van der Waals surface area (Å²) in [6.07, 6.45) is 1.95. The van der Waals surface area contributed by atoms with Crippen LogP contribution in [-0.4, -0.2) is 34.5 Å². The summed E-state index contributed by atoms with van der Waals surface area (Å²) in [5.74, 6) is 4.13. The van der Waals surface area contributed by atoms with Gasteiger partial charge in [-0.25, -0.2) is 19.9 Å². The van der Waals surface area contributed by atoms with Crippen molar-refractivity contribution in [1.29, 1.82) is 0 Å². The number of fused-ring (bicyclic) bond motifs is 4. The molecule has 0 bridgehead atoms. The molecule has 0 unspecified atom stereocenters. The Kier molecular flexibility index (Phi) is 15.2. The SMILES string of the molecule is CC(C)c1cccc(C(C)C)c1-n1c(-c2[c-]cccc2)nc2ccccc21.Cc1ccc2c(n1)oc1c(-c3cc(-c4c(C)cc(-c5ccc(-c6nc(C(C)(C)C)nc(C(C)(C)C)n6)cc5)cc4C)c(C)cn3)[c-]ccc12.[Ir]. The second-order valence-corrected chi connectivity index (χ2v) is 22.9. The van der Waals surface area contributed by atoms with Crippen LogP contribution in [0.5, 0.6) is 0 Å². The monoisotopic (exact) mass is 1190 g/mol. The van der Waals surface area contributed by atoms with Crippen molar-refractivity contribution in [3.05, 3.63) is 197 Å². The molecule has 11 aromatic rings. The molecular formula is C68H67IrN7O-2. The van der Waals surface area contributed by atoms with Gasteiger partial charge in [-0.05, 0) is 120 Å². The van der Waals surface area contributed by atoms with Gasteiger partial charge in [-0.15, -0.1) is 54.1 Å². The molecule has 0 fully saturated rings. The van der Waals surface area contributed by atoms with Gasteiger partial charge >= 0.3 is 0 Å². The maximum Gasteiger partial charge on any atom is 0.216 e. The number of furan rings is 1. The van der Waals surface area contributed by atoms with Gasteiger partial charge in [0.2, 0.25) is 5.71 Å². The largest absolute Gasteiger partial charge is 0.486 e. The van der Waals surface area contributed by atoms with Gasteiger partial charge < -0.3 is 14.0 Å². The zero-order chi connectivity index (χ0) is 53.8. The molecular weight excluding hydrogens is 1120 g/mol. The van der Waals surface area contributed by atoms with Crippen LogP contribution in [0.15, 0.2) is 144 Å². The molecule has 5 heterocycles. The topological polar surface area (TPSA) is 95.4 Å². The van der Waals surface area contributed by atoms with E-state index in [9.17, 15) is 0 Å². The Hall–Kier alpha value is -7.45. The fourth-order valence-corrected chi connectivity index (χ4v) is 10.1. The van der Waals surface area contributed by atoms with E-state index < -0.39 is 0 Å². The summed E-state index contributed by atoms with van der Waals surface area (Å²) < 4.78 is 8.63. The van der Waals surface area contributed by atoms with Crippen LogP contribution in [0.25, 0.3) is 95.1 Å². The predicted molar refractivity (Wildman–Crippen MR) is 313 cm³/mol. The molecule has 391 valence electrons. The number of aromatic nitrogens is 7. The van der Waals surface area contributed by atoms with Crippen molar-refractivity contribution in [2.24, 2.45) is 0 Å². The van der Waals surface area contributed by atoms with Gasteiger partial charge in [0, 0.05) is 59.5 Å². The molecule has 9 heteroatoms. The molecule has 0 N–H and O–H groups in total. The van der Waals surface area contributed by atoms with Gasteiger partial charge in [-0.2, -0.15) is 0 Å². The number of hydrogen-bond acceptors (Lipinski definition) is 7. The van der Waals surface area contributed by atoms with E-state index in [0.717, 1.165) is 89.6 Å². The summed E-state index contributed by atoms with van der Waals surface area (Å²) in [5.41, 5.74) is 19.9. The molecule has 0 amide bonds. The van der Waals surface area contributed by atoms with Gasteiger partial charge in [-0.1, -0.05) is 153 Å². The molecule has 11 rings (SSSR count). The quantitative estimate of drug-likeness (QED) is 0.140. The van der Waals surface area contributed by atoms with Crippen molar-refractivity contribution in [1.82, 2.24) is 34.5 Å². The van der Waals surface area contributed by atoms with Crippen molar-refractivity contribution in [2.45, 2.75) is 120 Å². The van der Waals surface area contributed by atoms with Crippen molar-refractivity contribution in [2.75, 3.05) is 0 Å². The summed E-state index contributed by atoms with van der Waals surface area (Å²) in [7, 11) is 0. The third kappa shape index (κ3) is 10.8. The van der Waals surface area contributed by atoms with Crippen LogP contribution in [-0.2, 0) is 30.9 Å². The number of benzene rings is 6. The molecule has 0 saturated carbocycles. The van der Waals surface area contributed by atoms with E-state index in [-0.39, 0.29) is 30.9 Å². The van der Waals surface area contributed by atoms with E-state index in [4.69, 9.17) is 29.3 Å². The summed E-state index contributed by atoms with van der Waals surface area (Å²) in [4.78, 5) is 29.1. The zero-order valence-corrected chi connectivity index (χ0v) is 49.2. The standard InChI is InChI=1S/C43H42N5O.C25H25N2.Ir/c1-24-20-30(28-15-17-29(18-16-28)38-46-40(42(5,6)7)48-41(47-38)43(8,9)10)21-25(2)36(24)34-22-35(44-23-26(34)3)33-13-11-12-31-32-19-14-27(4)45-39(32)49-37(31)33;1-17(2)20-13-10-14-21(18(3)4)24(20)27-23-16-9-8-15-22(23)26-25(27)19-11-6-5-7-12-19;/h11-12,14-23H,1-10H3;5-11,13-18H,1-4H3;/q2*-1;. The minimum absolute atomic E-state index is 0. The third-order valence-electron chi connectivity index (χ3n) is 14.1. The molecule has 77 heavy (non-hydrogen) atoms. The van der Waals surface area contributed by atoms with Crippen LogP contribution in [0.3, 0.4) is 0 Å². The molecule has 5 aromatic heterocycles. The summed E-state index contributed by atoms with van der Waals surface area (Å²) in [6.45, 7) is 30.4. The Labute approximate surface area is 467 Å². The van der Waals surface area contributed by atoms with Crippen LogP contribution < -0.4 is 0 Å². The average molecular weight is 1190 g/mol. The van der Waals surface area contributed by atoms with E-state index in [1.807, 2.05) is 49.5 Å². The molecule has 0 aliphatic carbocycles. The number of rotatable bonds is 8. The first-order valence-corrected chi connectivity index (χ1v) is 26.5. The van der Waals surface area contributed by atoms with Crippen molar-refractivity contribution >= 4 is 33.1 Å². The first-order valence-electron chi connectivity index (χ1n) is 26.5. The molecule has 0 aliphatic rings. The molecule has 6 aromatic carbocycles. The molecule has 0 aliphatic heterocycles. The summed E-state index contributed by atoms with van der Waals surface area (Å²) >= 11 is 0. The van der Waals surface area contributed by atoms with Crippen LogP contribution in [0, 0.1) is 39.8 Å².